The van der Waals surface area contributed by atoms with Gasteiger partial charge in [0.25, 0.3) is 0 Å². The Bertz CT molecular complexity index is 491. The van der Waals surface area contributed by atoms with Gasteiger partial charge in [0.15, 0.2) is 5.96 Å². The Morgan fingerprint density at radius 2 is 1.75 bits per heavy atom. The Kier molecular flexibility index (Phi) is 9.47. The number of aliphatic imine (C=N–C) groups is 1. The molecule has 0 saturated carbocycles. The first-order chi connectivity index (χ1) is 13.4. The van der Waals surface area contributed by atoms with Crippen LogP contribution >= 0.6 is 0 Å². The Balaban J connectivity index is 1.58. The number of carbonyl (C=O) groups is 1. The number of amides is 1. The molecule has 162 valence electrons. The summed E-state index contributed by atoms with van der Waals surface area (Å²) in [6.07, 6.45) is 2.22. The molecule has 8 heteroatoms. The minimum absolute atomic E-state index is 0.119. The highest BCUT2D eigenvalue weighted by atomic mass is 16.5. The molecule has 8 nitrogen and oxygen atoms in total. The lowest BCUT2D eigenvalue weighted by atomic mass is 9.97. The molecule has 0 aromatic heterocycles. The molecule has 0 aromatic carbocycles. The van der Waals surface area contributed by atoms with E-state index in [0.29, 0.717) is 12.5 Å². The molecule has 2 rings (SSSR count). The first-order valence-electron chi connectivity index (χ1n) is 10.6. The van der Waals surface area contributed by atoms with E-state index >= 15 is 0 Å². The first kappa shape index (κ1) is 22.9. The second-order valence-electron chi connectivity index (χ2n) is 8.85. The highest BCUT2D eigenvalue weighted by molar-refractivity contribution is 5.79. The van der Waals surface area contributed by atoms with Gasteiger partial charge < -0.3 is 20.7 Å². The summed E-state index contributed by atoms with van der Waals surface area (Å²) in [7, 11) is 1.82. The van der Waals surface area contributed by atoms with E-state index in [-0.39, 0.29) is 11.4 Å². The summed E-state index contributed by atoms with van der Waals surface area (Å²) in [5, 5.41) is 9.91. The highest BCUT2D eigenvalue weighted by Crippen LogP contribution is 2.16. The fourth-order valence-corrected chi connectivity index (χ4v) is 3.63. The van der Waals surface area contributed by atoms with E-state index in [2.05, 4.69) is 30.7 Å². The average Bonchev–Trinajstić information content (AvgIpc) is 2.65. The number of hydrogen-bond acceptors (Lipinski definition) is 5. The van der Waals surface area contributed by atoms with Gasteiger partial charge in [-0.25, -0.2) is 0 Å². The Hall–Kier alpha value is -1.38. The number of nitrogens with zero attached hydrogens (tertiary/aromatic N) is 3. The molecular weight excluding hydrogens is 356 g/mol. The molecule has 2 aliphatic rings. The van der Waals surface area contributed by atoms with Crippen molar-refractivity contribution in [2.75, 3.05) is 72.6 Å². The number of morpholine rings is 1. The second kappa shape index (κ2) is 11.6. The average molecular weight is 397 g/mol. The monoisotopic (exact) mass is 396 g/mol. The maximum absolute atomic E-state index is 12.1. The van der Waals surface area contributed by atoms with Crippen LogP contribution in [-0.2, 0) is 9.53 Å². The van der Waals surface area contributed by atoms with Gasteiger partial charge in [0.05, 0.1) is 19.8 Å². The molecule has 2 saturated heterocycles. The minimum atomic E-state index is -0.163. The number of piperidine rings is 1. The van der Waals surface area contributed by atoms with Crippen molar-refractivity contribution < 1.29 is 9.53 Å². The van der Waals surface area contributed by atoms with Crippen LogP contribution in [0.25, 0.3) is 0 Å². The summed E-state index contributed by atoms with van der Waals surface area (Å²) in [6, 6.07) is 0. The maximum atomic E-state index is 12.1. The number of rotatable bonds is 7. The molecule has 28 heavy (non-hydrogen) atoms. The van der Waals surface area contributed by atoms with Crippen molar-refractivity contribution in [1.29, 1.82) is 0 Å². The number of nitrogens with one attached hydrogen (secondary N) is 3. The number of ether oxygens (including phenoxy) is 1. The van der Waals surface area contributed by atoms with Crippen LogP contribution < -0.4 is 16.0 Å². The molecule has 3 N–H and O–H groups in total. The second-order valence-corrected chi connectivity index (χ2v) is 8.85. The van der Waals surface area contributed by atoms with Gasteiger partial charge >= 0.3 is 0 Å². The molecule has 0 bridgehead atoms. The molecule has 2 aliphatic heterocycles. The van der Waals surface area contributed by atoms with Crippen LogP contribution in [0.4, 0.5) is 0 Å². The van der Waals surface area contributed by atoms with Crippen LogP contribution in [0.2, 0.25) is 0 Å². The van der Waals surface area contributed by atoms with Crippen molar-refractivity contribution in [3.05, 3.63) is 0 Å². The van der Waals surface area contributed by atoms with Gasteiger partial charge in [-0.2, -0.15) is 0 Å². The van der Waals surface area contributed by atoms with Gasteiger partial charge in [0, 0.05) is 45.3 Å². The van der Waals surface area contributed by atoms with Crippen LogP contribution in [0, 0.1) is 5.92 Å². The predicted molar refractivity (Wildman–Crippen MR) is 114 cm³/mol. The van der Waals surface area contributed by atoms with Gasteiger partial charge in [0.2, 0.25) is 5.91 Å². The summed E-state index contributed by atoms with van der Waals surface area (Å²) >= 11 is 0. The fraction of sp³-hybridized carbons (Fsp3) is 0.900. The van der Waals surface area contributed by atoms with E-state index in [1.54, 1.807) is 0 Å². The van der Waals surface area contributed by atoms with Gasteiger partial charge in [0.1, 0.15) is 0 Å². The molecule has 0 aliphatic carbocycles. The molecular formula is C20H40N6O2. The quantitative estimate of drug-likeness (QED) is 0.419. The Morgan fingerprint density at radius 3 is 2.36 bits per heavy atom. The summed E-state index contributed by atoms with van der Waals surface area (Å²) in [4.78, 5) is 21.1. The summed E-state index contributed by atoms with van der Waals surface area (Å²) < 4.78 is 5.38. The molecule has 0 unspecified atom stereocenters. The van der Waals surface area contributed by atoms with Crippen molar-refractivity contribution in [2.45, 2.75) is 39.2 Å². The van der Waals surface area contributed by atoms with Crippen molar-refractivity contribution >= 4 is 11.9 Å². The predicted octanol–water partition coefficient (Wildman–Crippen LogP) is 0.110. The normalized spacial score (nSPS) is 20.8. The summed E-state index contributed by atoms with van der Waals surface area (Å²) in [5.41, 5.74) is -0.163. The van der Waals surface area contributed by atoms with Gasteiger partial charge in [-0.05, 0) is 52.6 Å². The van der Waals surface area contributed by atoms with Crippen LogP contribution in [0.3, 0.4) is 0 Å². The van der Waals surface area contributed by atoms with Crippen LogP contribution in [0.5, 0.6) is 0 Å². The van der Waals surface area contributed by atoms with Crippen molar-refractivity contribution in [3.8, 4) is 0 Å². The largest absolute Gasteiger partial charge is 0.379 e. The van der Waals surface area contributed by atoms with E-state index in [9.17, 15) is 4.79 Å². The van der Waals surface area contributed by atoms with Crippen LogP contribution in [0.15, 0.2) is 4.99 Å². The van der Waals surface area contributed by atoms with E-state index < -0.39 is 0 Å². The first-order valence-corrected chi connectivity index (χ1v) is 10.6. The van der Waals surface area contributed by atoms with Crippen molar-refractivity contribution in [1.82, 2.24) is 25.8 Å². The molecule has 1 amide bonds. The van der Waals surface area contributed by atoms with Gasteiger partial charge in [-0.3, -0.25) is 19.6 Å². The zero-order valence-corrected chi connectivity index (χ0v) is 18.2. The molecule has 0 aromatic rings. The summed E-state index contributed by atoms with van der Waals surface area (Å²) in [5.74, 6) is 1.62. The van der Waals surface area contributed by atoms with Crippen LogP contribution in [-0.4, -0.2) is 99.8 Å². The standard InChI is InChI=1S/C20H40N6O2/c1-20(2,3)24-18(27)16-26-8-5-17(6-9-26)15-23-19(21-4)22-7-10-25-11-13-28-14-12-25/h17H,5-16H2,1-4H3,(H,24,27)(H2,21,22,23). The fourth-order valence-electron chi connectivity index (χ4n) is 3.63. The van der Waals surface area contributed by atoms with Gasteiger partial charge in [-0.1, -0.05) is 0 Å². The van der Waals surface area contributed by atoms with E-state index in [1.165, 1.54) is 0 Å². The maximum Gasteiger partial charge on any atom is 0.234 e. The zero-order valence-electron chi connectivity index (χ0n) is 18.2. The number of hydrogen-bond donors (Lipinski definition) is 3. The molecule has 0 radical (unpaired) electrons. The van der Waals surface area contributed by atoms with Crippen molar-refractivity contribution in [3.63, 3.8) is 0 Å². The minimum Gasteiger partial charge on any atom is -0.379 e. The smallest absolute Gasteiger partial charge is 0.234 e. The lowest BCUT2D eigenvalue weighted by Crippen LogP contribution is -2.48. The number of likely N-dealkylation sites (tertiary alicyclic amines) is 1. The van der Waals surface area contributed by atoms with E-state index in [1.807, 2.05) is 27.8 Å². The molecule has 2 fully saturated rings. The Labute approximate surface area is 170 Å². The third-order valence-electron chi connectivity index (χ3n) is 5.19. The van der Waals surface area contributed by atoms with Gasteiger partial charge in [-0.15, -0.1) is 0 Å². The lowest BCUT2D eigenvalue weighted by molar-refractivity contribution is -0.124. The Morgan fingerprint density at radius 1 is 1.07 bits per heavy atom. The number of guanidine groups is 1. The summed E-state index contributed by atoms with van der Waals surface area (Å²) in [6.45, 7) is 15.1. The third-order valence-corrected chi connectivity index (χ3v) is 5.19. The van der Waals surface area contributed by atoms with Crippen molar-refractivity contribution in [2.24, 2.45) is 10.9 Å². The molecule has 0 atom stereocenters. The molecule has 2 heterocycles. The topological polar surface area (TPSA) is 81.2 Å². The van der Waals surface area contributed by atoms with E-state index in [4.69, 9.17) is 4.74 Å². The third kappa shape index (κ3) is 9.21. The van der Waals surface area contributed by atoms with E-state index in [0.717, 1.165) is 77.8 Å². The SMILES string of the molecule is CN=C(NCCN1CCOCC1)NCC1CCN(CC(=O)NC(C)(C)C)CC1. The van der Waals surface area contributed by atoms with Crippen LogP contribution in [0.1, 0.15) is 33.6 Å². The lowest BCUT2D eigenvalue weighted by Gasteiger charge is -2.32. The number of carbonyl (C=O) groups excluding carboxylic acids is 1. The highest BCUT2D eigenvalue weighted by Gasteiger charge is 2.22. The molecule has 0 spiro atoms. The zero-order chi connectivity index (χ0) is 20.4.